The van der Waals surface area contributed by atoms with Crippen LogP contribution < -0.4 is 4.74 Å². The van der Waals surface area contributed by atoms with E-state index in [1.807, 2.05) is 24.3 Å². The zero-order valence-corrected chi connectivity index (χ0v) is 17.1. The molecule has 0 fully saturated rings. The lowest BCUT2D eigenvalue weighted by Gasteiger charge is -2.05. The SMILES string of the molecule is CC(C)c1ccc(/C=C/C(=O)c2ccc(OC(=O)c3ccc([N+](=O)[O-])cc3)cc2)cc1. The molecule has 0 bridgehead atoms. The maximum absolute atomic E-state index is 12.4. The lowest BCUT2D eigenvalue weighted by molar-refractivity contribution is -0.384. The van der Waals surface area contributed by atoms with Crippen LogP contribution in [0, 0.1) is 10.1 Å². The number of rotatable bonds is 7. The van der Waals surface area contributed by atoms with Gasteiger partial charge >= 0.3 is 5.97 Å². The van der Waals surface area contributed by atoms with Gasteiger partial charge in [-0.05, 0) is 59.5 Å². The van der Waals surface area contributed by atoms with Gasteiger partial charge < -0.3 is 4.74 Å². The summed E-state index contributed by atoms with van der Waals surface area (Å²) in [6, 6.07) is 19.4. The molecule has 3 rings (SSSR count). The van der Waals surface area contributed by atoms with E-state index >= 15 is 0 Å². The zero-order valence-electron chi connectivity index (χ0n) is 17.1. The highest BCUT2D eigenvalue weighted by atomic mass is 16.6. The van der Waals surface area contributed by atoms with Gasteiger partial charge in [-0.2, -0.15) is 0 Å². The predicted molar refractivity (Wildman–Crippen MR) is 118 cm³/mol. The maximum atomic E-state index is 12.4. The Morgan fingerprint density at radius 1 is 0.871 bits per heavy atom. The number of hydrogen-bond donors (Lipinski definition) is 0. The third-order valence-electron chi connectivity index (χ3n) is 4.69. The number of allylic oxidation sites excluding steroid dienone is 1. The van der Waals surface area contributed by atoms with Gasteiger partial charge in [0.1, 0.15) is 5.75 Å². The summed E-state index contributed by atoms with van der Waals surface area (Å²) >= 11 is 0. The number of nitro benzene ring substituents is 1. The molecule has 0 atom stereocenters. The number of non-ortho nitro benzene ring substituents is 1. The van der Waals surface area contributed by atoms with E-state index in [4.69, 9.17) is 4.74 Å². The smallest absolute Gasteiger partial charge is 0.343 e. The largest absolute Gasteiger partial charge is 0.423 e. The van der Waals surface area contributed by atoms with Crippen LogP contribution in [0.25, 0.3) is 6.08 Å². The molecular weight excluding hydrogens is 394 g/mol. The lowest BCUT2D eigenvalue weighted by Crippen LogP contribution is -2.08. The Hall–Kier alpha value is -4.06. The summed E-state index contributed by atoms with van der Waals surface area (Å²) in [6.07, 6.45) is 3.26. The minimum atomic E-state index is -0.640. The van der Waals surface area contributed by atoms with Crippen LogP contribution in [0.4, 0.5) is 5.69 Å². The molecular formula is C25H21NO5. The standard InChI is InChI=1S/C25H21NO5/c1-17(2)19-6-3-18(4-7-19)5-16-24(27)20-10-14-23(15-11-20)31-25(28)21-8-12-22(13-9-21)26(29)30/h3-17H,1-2H3/b16-5+. The van der Waals surface area contributed by atoms with Gasteiger partial charge in [0.25, 0.3) is 5.69 Å². The van der Waals surface area contributed by atoms with Crippen LogP contribution in [-0.4, -0.2) is 16.7 Å². The average molecular weight is 415 g/mol. The molecule has 0 aliphatic heterocycles. The van der Waals surface area contributed by atoms with Crippen LogP contribution in [0.3, 0.4) is 0 Å². The Balaban J connectivity index is 1.61. The normalized spacial score (nSPS) is 10.9. The highest BCUT2D eigenvalue weighted by Crippen LogP contribution is 2.18. The van der Waals surface area contributed by atoms with Crippen LogP contribution in [-0.2, 0) is 0 Å². The number of ketones is 1. The number of hydrogen-bond acceptors (Lipinski definition) is 5. The van der Waals surface area contributed by atoms with E-state index < -0.39 is 10.9 Å². The predicted octanol–water partition coefficient (Wildman–Crippen LogP) is 5.83. The maximum Gasteiger partial charge on any atom is 0.343 e. The Morgan fingerprint density at radius 3 is 2.00 bits per heavy atom. The number of ether oxygens (including phenoxy) is 1. The highest BCUT2D eigenvalue weighted by Gasteiger charge is 2.12. The van der Waals surface area contributed by atoms with Gasteiger partial charge in [-0.3, -0.25) is 14.9 Å². The van der Waals surface area contributed by atoms with E-state index in [9.17, 15) is 19.7 Å². The molecule has 0 heterocycles. The summed E-state index contributed by atoms with van der Waals surface area (Å²) < 4.78 is 5.26. The zero-order chi connectivity index (χ0) is 22.4. The van der Waals surface area contributed by atoms with Crippen LogP contribution >= 0.6 is 0 Å². The van der Waals surface area contributed by atoms with Crippen molar-refractivity contribution in [3.63, 3.8) is 0 Å². The highest BCUT2D eigenvalue weighted by molar-refractivity contribution is 6.06. The van der Waals surface area contributed by atoms with Gasteiger partial charge in [-0.15, -0.1) is 0 Å². The second-order valence-electron chi connectivity index (χ2n) is 7.24. The quantitative estimate of drug-likeness (QED) is 0.121. The average Bonchev–Trinajstić information content (AvgIpc) is 2.78. The van der Waals surface area contributed by atoms with Crippen molar-refractivity contribution in [3.8, 4) is 5.75 Å². The van der Waals surface area contributed by atoms with E-state index in [0.29, 0.717) is 11.5 Å². The number of esters is 1. The van der Waals surface area contributed by atoms with Gasteiger partial charge in [-0.1, -0.05) is 44.2 Å². The van der Waals surface area contributed by atoms with Gasteiger partial charge in [0.05, 0.1) is 10.5 Å². The molecule has 0 unspecified atom stereocenters. The summed E-state index contributed by atoms with van der Waals surface area (Å²) in [5, 5.41) is 10.7. The number of benzene rings is 3. The van der Waals surface area contributed by atoms with Crippen molar-refractivity contribution in [2.45, 2.75) is 19.8 Å². The minimum absolute atomic E-state index is 0.108. The fourth-order valence-corrected chi connectivity index (χ4v) is 2.83. The molecule has 31 heavy (non-hydrogen) atoms. The molecule has 0 amide bonds. The van der Waals surface area contributed by atoms with E-state index in [-0.39, 0.29) is 22.8 Å². The van der Waals surface area contributed by atoms with Crippen LogP contribution in [0.5, 0.6) is 5.75 Å². The second-order valence-corrected chi connectivity index (χ2v) is 7.24. The number of nitrogens with zero attached hydrogens (tertiary/aromatic N) is 1. The molecule has 6 nitrogen and oxygen atoms in total. The molecule has 0 aliphatic carbocycles. The molecule has 0 aliphatic rings. The Bertz CT molecular complexity index is 1110. The van der Waals surface area contributed by atoms with E-state index in [0.717, 1.165) is 5.56 Å². The van der Waals surface area contributed by atoms with Crippen molar-refractivity contribution in [1.82, 2.24) is 0 Å². The van der Waals surface area contributed by atoms with Crippen molar-refractivity contribution < 1.29 is 19.2 Å². The third-order valence-corrected chi connectivity index (χ3v) is 4.69. The van der Waals surface area contributed by atoms with E-state index in [1.165, 1.54) is 48.0 Å². The summed E-state index contributed by atoms with van der Waals surface area (Å²) in [4.78, 5) is 34.7. The second kappa shape index (κ2) is 9.63. The monoisotopic (exact) mass is 415 g/mol. The Kier molecular flexibility index (Phi) is 6.72. The van der Waals surface area contributed by atoms with Crippen molar-refractivity contribution in [1.29, 1.82) is 0 Å². The molecule has 3 aromatic rings. The fourth-order valence-electron chi connectivity index (χ4n) is 2.83. The van der Waals surface area contributed by atoms with Crippen molar-refractivity contribution in [2.75, 3.05) is 0 Å². The van der Waals surface area contributed by atoms with Gasteiger partial charge in [-0.25, -0.2) is 4.79 Å². The fraction of sp³-hybridized carbons (Fsp3) is 0.120. The van der Waals surface area contributed by atoms with E-state index in [2.05, 4.69) is 13.8 Å². The van der Waals surface area contributed by atoms with Crippen LogP contribution in [0.15, 0.2) is 78.9 Å². The van der Waals surface area contributed by atoms with Crippen LogP contribution in [0.2, 0.25) is 0 Å². The van der Waals surface area contributed by atoms with E-state index in [1.54, 1.807) is 18.2 Å². The summed E-state index contributed by atoms with van der Waals surface area (Å²) in [6.45, 7) is 4.25. The molecule has 3 aromatic carbocycles. The molecule has 0 aromatic heterocycles. The first-order valence-corrected chi connectivity index (χ1v) is 9.72. The third kappa shape index (κ3) is 5.73. The van der Waals surface area contributed by atoms with Gasteiger partial charge in [0, 0.05) is 17.7 Å². The van der Waals surface area contributed by atoms with Crippen molar-refractivity contribution >= 4 is 23.5 Å². The molecule has 0 saturated heterocycles. The summed E-state index contributed by atoms with van der Waals surface area (Å²) in [7, 11) is 0. The lowest BCUT2D eigenvalue weighted by atomic mass is 10.0. The molecule has 0 N–H and O–H groups in total. The number of nitro groups is 1. The number of carbonyl (C=O) groups excluding carboxylic acids is 2. The molecule has 6 heteroatoms. The first-order chi connectivity index (χ1) is 14.8. The van der Waals surface area contributed by atoms with Gasteiger partial charge in [0.2, 0.25) is 0 Å². The van der Waals surface area contributed by atoms with Gasteiger partial charge in [0.15, 0.2) is 5.78 Å². The first-order valence-electron chi connectivity index (χ1n) is 9.72. The molecule has 0 spiro atoms. The molecule has 156 valence electrons. The van der Waals surface area contributed by atoms with Crippen molar-refractivity contribution in [3.05, 3.63) is 111 Å². The number of carbonyl (C=O) groups is 2. The topological polar surface area (TPSA) is 86.5 Å². The minimum Gasteiger partial charge on any atom is -0.423 e. The van der Waals surface area contributed by atoms with Crippen LogP contribution in [0.1, 0.15) is 51.6 Å². The Labute approximate surface area is 180 Å². The Morgan fingerprint density at radius 2 is 1.45 bits per heavy atom. The molecule has 0 saturated carbocycles. The summed E-state index contributed by atoms with van der Waals surface area (Å²) in [5.41, 5.74) is 2.72. The molecule has 0 radical (unpaired) electrons. The summed E-state index contributed by atoms with van der Waals surface area (Å²) in [5.74, 6) is -0.0827. The first kappa shape index (κ1) is 21.6. The van der Waals surface area contributed by atoms with Crippen molar-refractivity contribution in [2.24, 2.45) is 0 Å².